The van der Waals surface area contributed by atoms with Gasteiger partial charge in [0, 0.05) is 59.4 Å². The Hall–Kier alpha value is -1.64. The third-order valence-corrected chi connectivity index (χ3v) is 5.47. The predicted octanol–water partition coefficient (Wildman–Crippen LogP) is 0.679. The summed E-state index contributed by atoms with van der Waals surface area (Å²) in [5.41, 5.74) is 0.928. The highest BCUT2D eigenvalue weighted by atomic mass is 35.5. The van der Waals surface area contributed by atoms with Crippen LogP contribution >= 0.6 is 12.4 Å². The van der Waals surface area contributed by atoms with E-state index in [0.29, 0.717) is 0 Å². The molecule has 0 bridgehead atoms. The maximum absolute atomic E-state index is 4.99. The largest absolute Gasteiger partial charge is 0.353 e. The minimum atomic E-state index is 0. The molecule has 0 aromatic carbocycles. The molecule has 2 aromatic heterocycles. The van der Waals surface area contributed by atoms with Gasteiger partial charge in [-0.25, -0.2) is 0 Å². The molecule has 0 unspecified atom stereocenters. The zero-order valence-electron chi connectivity index (χ0n) is 15.9. The van der Waals surface area contributed by atoms with Gasteiger partial charge in [-0.05, 0) is 13.6 Å². The van der Waals surface area contributed by atoms with Gasteiger partial charge in [0.25, 0.3) is 0 Å². The van der Waals surface area contributed by atoms with E-state index in [1.54, 1.807) is 0 Å². The zero-order valence-corrected chi connectivity index (χ0v) is 16.7. The van der Waals surface area contributed by atoms with E-state index in [1.807, 2.05) is 17.9 Å². The number of aromatic nitrogens is 4. The minimum Gasteiger partial charge on any atom is -0.353 e. The fourth-order valence-electron chi connectivity index (χ4n) is 3.66. The summed E-state index contributed by atoms with van der Waals surface area (Å²) in [4.78, 5) is 19.4. The molecule has 2 fully saturated rings. The molecule has 4 rings (SSSR count). The summed E-state index contributed by atoms with van der Waals surface area (Å²) >= 11 is 0. The van der Waals surface area contributed by atoms with Gasteiger partial charge in [-0.2, -0.15) is 15.1 Å². The summed E-state index contributed by atoms with van der Waals surface area (Å²) in [7, 11) is 4.13. The van der Waals surface area contributed by atoms with Gasteiger partial charge < -0.3 is 19.6 Å². The van der Waals surface area contributed by atoms with Gasteiger partial charge in [-0.1, -0.05) is 6.92 Å². The van der Waals surface area contributed by atoms with Gasteiger partial charge in [-0.15, -0.1) is 12.4 Å². The number of hydrogen-bond donors (Lipinski definition) is 0. The lowest BCUT2D eigenvalue weighted by Gasteiger charge is -2.36. The lowest BCUT2D eigenvalue weighted by molar-refractivity contribution is 0.270. The van der Waals surface area contributed by atoms with Crippen molar-refractivity contribution in [2.75, 3.05) is 75.8 Å². The molecule has 0 N–H and O–H groups in total. The van der Waals surface area contributed by atoms with Crippen molar-refractivity contribution in [2.24, 2.45) is 7.05 Å². The van der Waals surface area contributed by atoms with Crippen LogP contribution in [0.25, 0.3) is 11.0 Å². The molecule has 4 heterocycles. The van der Waals surface area contributed by atoms with Crippen LogP contribution in [0.15, 0.2) is 6.20 Å². The third kappa shape index (κ3) is 3.58. The number of hydrogen-bond acceptors (Lipinski definition) is 7. The standard InChI is InChI=1S/C17H28N8.ClH/c1-4-23-7-11-24(12-8-23)16-14-13-18-22(3)15(14)19-17(20-16)25-9-5-21(2)6-10-25;/h13H,4-12H2,1-3H3;1H. The number of likely N-dealkylation sites (N-methyl/N-ethyl adjacent to an activating group) is 2. The van der Waals surface area contributed by atoms with Gasteiger partial charge in [0.1, 0.15) is 5.82 Å². The van der Waals surface area contributed by atoms with Crippen molar-refractivity contribution in [1.82, 2.24) is 29.5 Å². The number of aryl methyl sites for hydroxylation is 1. The summed E-state index contributed by atoms with van der Waals surface area (Å²) in [6.45, 7) is 11.6. The lowest BCUT2D eigenvalue weighted by atomic mass is 10.2. The van der Waals surface area contributed by atoms with E-state index >= 15 is 0 Å². The number of piperazine rings is 2. The molecule has 0 amide bonds. The molecule has 2 aliphatic rings. The first-order valence-electron chi connectivity index (χ1n) is 9.26. The van der Waals surface area contributed by atoms with Crippen molar-refractivity contribution in [3.05, 3.63) is 6.20 Å². The highest BCUT2D eigenvalue weighted by Crippen LogP contribution is 2.27. The van der Waals surface area contributed by atoms with Crippen molar-refractivity contribution in [1.29, 1.82) is 0 Å². The third-order valence-electron chi connectivity index (χ3n) is 5.47. The molecule has 2 aromatic rings. The van der Waals surface area contributed by atoms with Gasteiger partial charge >= 0.3 is 0 Å². The molecule has 2 aliphatic heterocycles. The Labute approximate surface area is 161 Å². The van der Waals surface area contributed by atoms with Crippen molar-refractivity contribution in [2.45, 2.75) is 6.92 Å². The Balaban J connectivity index is 0.00000196. The Bertz CT molecular complexity index is 732. The smallest absolute Gasteiger partial charge is 0.229 e. The molecule has 0 saturated carbocycles. The normalized spacial score (nSPS) is 19.8. The molecular weight excluding hydrogens is 352 g/mol. The van der Waals surface area contributed by atoms with Gasteiger partial charge in [0.05, 0.1) is 11.6 Å². The summed E-state index contributed by atoms with van der Waals surface area (Å²) in [5, 5.41) is 5.49. The van der Waals surface area contributed by atoms with E-state index in [9.17, 15) is 0 Å². The van der Waals surface area contributed by atoms with Crippen LogP contribution in [-0.2, 0) is 7.05 Å². The maximum atomic E-state index is 4.99. The molecule has 0 radical (unpaired) electrons. The quantitative estimate of drug-likeness (QED) is 0.776. The lowest BCUT2D eigenvalue weighted by Crippen LogP contribution is -2.47. The van der Waals surface area contributed by atoms with Gasteiger partial charge in [-0.3, -0.25) is 4.68 Å². The topological polar surface area (TPSA) is 56.6 Å². The Morgan fingerprint density at radius 3 is 2.19 bits per heavy atom. The number of nitrogens with zero attached hydrogens (tertiary/aromatic N) is 8. The van der Waals surface area contributed by atoms with E-state index < -0.39 is 0 Å². The van der Waals surface area contributed by atoms with E-state index in [0.717, 1.165) is 81.7 Å². The van der Waals surface area contributed by atoms with Crippen LogP contribution in [0.1, 0.15) is 6.92 Å². The predicted molar refractivity (Wildman–Crippen MR) is 108 cm³/mol. The Morgan fingerprint density at radius 1 is 0.885 bits per heavy atom. The van der Waals surface area contributed by atoms with E-state index in [2.05, 4.69) is 38.7 Å². The molecule has 0 spiro atoms. The monoisotopic (exact) mass is 380 g/mol. The molecule has 2 saturated heterocycles. The second kappa shape index (κ2) is 7.94. The fraction of sp³-hybridized carbons (Fsp3) is 0.706. The molecule has 8 nitrogen and oxygen atoms in total. The van der Waals surface area contributed by atoms with Gasteiger partial charge in [0.2, 0.25) is 5.95 Å². The molecule has 0 aliphatic carbocycles. The van der Waals surface area contributed by atoms with E-state index in [-0.39, 0.29) is 12.4 Å². The molecule has 144 valence electrons. The summed E-state index contributed by atoms with van der Waals surface area (Å²) in [5.74, 6) is 1.89. The van der Waals surface area contributed by atoms with Crippen molar-refractivity contribution < 1.29 is 0 Å². The van der Waals surface area contributed by atoms with Crippen molar-refractivity contribution in [3.63, 3.8) is 0 Å². The van der Waals surface area contributed by atoms with E-state index in [4.69, 9.17) is 9.97 Å². The summed E-state index contributed by atoms with van der Waals surface area (Å²) < 4.78 is 1.86. The highest BCUT2D eigenvalue weighted by Gasteiger charge is 2.24. The van der Waals surface area contributed by atoms with Crippen LogP contribution in [0.5, 0.6) is 0 Å². The fourth-order valence-corrected chi connectivity index (χ4v) is 3.66. The maximum Gasteiger partial charge on any atom is 0.229 e. The number of rotatable bonds is 3. The van der Waals surface area contributed by atoms with Crippen LogP contribution in [0.4, 0.5) is 11.8 Å². The first-order valence-corrected chi connectivity index (χ1v) is 9.26. The second-order valence-corrected chi connectivity index (χ2v) is 7.06. The van der Waals surface area contributed by atoms with Crippen molar-refractivity contribution in [3.8, 4) is 0 Å². The Morgan fingerprint density at radius 2 is 1.54 bits per heavy atom. The minimum absolute atomic E-state index is 0. The van der Waals surface area contributed by atoms with Crippen LogP contribution in [0, 0.1) is 0 Å². The van der Waals surface area contributed by atoms with Crippen LogP contribution in [-0.4, -0.2) is 95.5 Å². The molecule has 26 heavy (non-hydrogen) atoms. The number of anilines is 2. The summed E-state index contributed by atoms with van der Waals surface area (Å²) in [6.07, 6.45) is 1.91. The van der Waals surface area contributed by atoms with E-state index in [1.165, 1.54) is 0 Å². The average molecular weight is 381 g/mol. The summed E-state index contributed by atoms with van der Waals surface area (Å²) in [6, 6.07) is 0. The number of halogens is 1. The first-order chi connectivity index (χ1) is 12.2. The molecular formula is C17H29ClN8. The second-order valence-electron chi connectivity index (χ2n) is 7.06. The van der Waals surface area contributed by atoms with Crippen LogP contribution < -0.4 is 9.80 Å². The molecule has 9 heteroatoms. The SMILES string of the molecule is CCN1CCN(c2nc(N3CCN(C)CC3)nc3c2cnn3C)CC1.Cl. The molecule has 0 atom stereocenters. The highest BCUT2D eigenvalue weighted by molar-refractivity contribution is 5.88. The first kappa shape index (κ1) is 19.1. The van der Waals surface area contributed by atoms with Crippen LogP contribution in [0.3, 0.4) is 0 Å². The van der Waals surface area contributed by atoms with Crippen molar-refractivity contribution >= 4 is 35.2 Å². The average Bonchev–Trinajstić information content (AvgIpc) is 3.03. The zero-order chi connectivity index (χ0) is 17.4. The van der Waals surface area contributed by atoms with Crippen LogP contribution in [0.2, 0.25) is 0 Å². The number of fused-ring (bicyclic) bond motifs is 1. The Kier molecular flexibility index (Phi) is 5.84. The van der Waals surface area contributed by atoms with Gasteiger partial charge in [0.15, 0.2) is 5.65 Å².